The van der Waals surface area contributed by atoms with E-state index in [0.29, 0.717) is 43.5 Å². The highest BCUT2D eigenvalue weighted by atomic mass is 31.2. The first-order valence-electron chi connectivity index (χ1n) is 32.0. The number of fused-ring (bicyclic) bond motifs is 1. The van der Waals surface area contributed by atoms with Gasteiger partial charge in [0.1, 0.15) is 12.6 Å². The average molecular weight is 1230 g/mol. The number of nitrogens with zero attached hydrogens (tertiary/aromatic N) is 3. The summed E-state index contributed by atoms with van der Waals surface area (Å²) in [6.45, 7) is 3.60. The van der Waals surface area contributed by atoms with Crippen LogP contribution in [0.1, 0.15) is 248 Å². The lowest BCUT2D eigenvalue weighted by atomic mass is 10.0. The number of hydrogen-bond donors (Lipinski definition) is 8. The van der Waals surface area contributed by atoms with E-state index in [9.17, 15) is 48.1 Å². The normalized spacial score (nSPS) is 12.7. The largest absolute Gasteiger partial charge is 0.480 e. The molecule has 0 saturated heterocycles. The number of carboxylic acid groups (broad SMARTS) is 1. The number of aromatic nitrogens is 4. The number of ether oxygens (including phenoxy) is 2. The number of phosphoric acid groups is 1. The fraction of sp³-hybridized carbons (Fsp3) is 0.710. The Kier molecular flexibility index (Phi) is 39.8. The van der Waals surface area contributed by atoms with Gasteiger partial charge >= 0.3 is 25.7 Å². The number of esters is 2. The van der Waals surface area contributed by atoms with Crippen LogP contribution in [0.15, 0.2) is 35.3 Å². The maximum Gasteiger partial charge on any atom is 0.472 e. The van der Waals surface area contributed by atoms with Crippen LogP contribution in [0.25, 0.3) is 11.2 Å². The molecule has 24 heteroatoms. The second-order valence-corrected chi connectivity index (χ2v) is 23.7. The molecule has 0 radical (unpaired) electrons. The van der Waals surface area contributed by atoms with Gasteiger partial charge in [0.2, 0.25) is 17.8 Å². The summed E-state index contributed by atoms with van der Waals surface area (Å²) in [5.74, 6) is -3.71. The van der Waals surface area contributed by atoms with Crippen LogP contribution in [-0.2, 0) is 53.6 Å². The number of unbranched alkanes of at least 4 members (excludes halogenated alkanes) is 26. The summed E-state index contributed by atoms with van der Waals surface area (Å²) >= 11 is 0. The zero-order valence-corrected chi connectivity index (χ0v) is 52.4. The average Bonchev–Trinajstić information content (AvgIpc) is 2.11. The van der Waals surface area contributed by atoms with Crippen molar-refractivity contribution >= 4 is 66.3 Å². The maximum absolute atomic E-state index is 12.9. The number of phosphoric ester groups is 1. The van der Waals surface area contributed by atoms with E-state index < -0.39 is 61.9 Å². The Morgan fingerprint density at radius 2 is 1.14 bits per heavy atom. The van der Waals surface area contributed by atoms with Crippen molar-refractivity contribution in [1.29, 1.82) is 0 Å². The summed E-state index contributed by atoms with van der Waals surface area (Å²) in [5, 5.41) is 20.7. The van der Waals surface area contributed by atoms with E-state index in [1.165, 1.54) is 134 Å². The van der Waals surface area contributed by atoms with Crippen molar-refractivity contribution in [3.63, 3.8) is 0 Å². The molecule has 1 aromatic carbocycles. The number of nitrogens with two attached hydrogens (primary N) is 1. The van der Waals surface area contributed by atoms with E-state index in [0.717, 1.165) is 38.5 Å². The molecular formula is C62H102N9O14P. The van der Waals surface area contributed by atoms with Crippen LogP contribution in [-0.4, -0.2) is 111 Å². The molecule has 0 fully saturated rings. The zero-order valence-electron chi connectivity index (χ0n) is 51.5. The quantitative estimate of drug-likeness (QED) is 0.0148. The number of hydrogen-bond acceptors (Lipinski definition) is 17. The van der Waals surface area contributed by atoms with Gasteiger partial charge < -0.3 is 46.5 Å². The van der Waals surface area contributed by atoms with Gasteiger partial charge in [-0.3, -0.25) is 42.8 Å². The highest BCUT2D eigenvalue weighted by molar-refractivity contribution is 7.47. The number of nitrogen functional groups attached to an aromatic ring is 1. The summed E-state index contributed by atoms with van der Waals surface area (Å²) in [7, 11) is -4.67. The van der Waals surface area contributed by atoms with Gasteiger partial charge in [0.15, 0.2) is 17.3 Å². The molecule has 0 bridgehead atoms. The molecule has 23 nitrogen and oxygen atoms in total. The molecule has 0 spiro atoms. The van der Waals surface area contributed by atoms with Crippen LogP contribution in [0.2, 0.25) is 0 Å². The molecule has 9 N–H and O–H groups in total. The van der Waals surface area contributed by atoms with Gasteiger partial charge in [0.25, 0.3) is 11.5 Å². The summed E-state index contributed by atoms with van der Waals surface area (Å²) in [5.41, 5.74) is 6.44. The van der Waals surface area contributed by atoms with E-state index >= 15 is 0 Å². The SMILES string of the molecule is CCCCCCCCCCCCCCCC(=O)OC[C@H](COP(=O)(O)OCCNC(=O)CCCCCNC(=O)CC[C@H](NC(=O)c1ccc(NCc2cnc3nc(N)[nH]c(=O)c3n2)cc1)C(=O)O)OC(=O)CCCCCCCCCCCCCCC. The summed E-state index contributed by atoms with van der Waals surface area (Å²) < 4.78 is 34.1. The van der Waals surface area contributed by atoms with Crippen molar-refractivity contribution in [3.8, 4) is 0 Å². The second-order valence-electron chi connectivity index (χ2n) is 22.2. The number of aliphatic carboxylic acids is 1. The zero-order chi connectivity index (χ0) is 62.5. The van der Waals surface area contributed by atoms with Crippen molar-refractivity contribution in [2.24, 2.45) is 0 Å². The standard InChI is InChI=1S/C62H102N9O14P/c1-3-5-7-9-11-13-15-17-19-21-23-25-29-33-55(74)82-46-51(85-56(75)34-30-26-24-22-20-18-16-14-12-10-8-6-4-2)47-84-86(80,81)83-43-42-65-53(72)32-28-27-31-41-64-54(73)40-39-52(61(78)79)69-59(76)48-35-37-49(38-36-48)66-44-50-45-67-58-57(68-50)60(77)71-62(63)70-58/h35-38,45,51-52,66H,3-34,39-44,46-47H2,1-2H3,(H,64,73)(H,65,72)(H,69,76)(H,78,79)(H,80,81)(H3,63,67,70,71,77)/t51-,52+/m1/s1. The lowest BCUT2D eigenvalue weighted by Crippen LogP contribution is -2.41. The van der Waals surface area contributed by atoms with Crippen LogP contribution in [0.3, 0.4) is 0 Å². The monoisotopic (exact) mass is 1230 g/mol. The van der Waals surface area contributed by atoms with Gasteiger partial charge in [0, 0.05) is 50.0 Å². The number of aromatic amines is 1. The summed E-state index contributed by atoms with van der Waals surface area (Å²) in [4.78, 5) is 113. The van der Waals surface area contributed by atoms with Gasteiger partial charge in [0.05, 0.1) is 31.6 Å². The first kappa shape index (κ1) is 74.2. The minimum Gasteiger partial charge on any atom is -0.480 e. The lowest BCUT2D eigenvalue weighted by Gasteiger charge is -2.20. The fourth-order valence-electron chi connectivity index (χ4n) is 9.51. The van der Waals surface area contributed by atoms with Gasteiger partial charge in [-0.1, -0.05) is 174 Å². The molecule has 3 aromatic rings. The van der Waals surface area contributed by atoms with Gasteiger partial charge in [-0.2, -0.15) is 4.98 Å². The molecular weight excluding hydrogens is 1130 g/mol. The molecule has 1 unspecified atom stereocenters. The summed E-state index contributed by atoms with van der Waals surface area (Å²) in [6, 6.07) is 4.90. The smallest absolute Gasteiger partial charge is 0.472 e. The van der Waals surface area contributed by atoms with Crippen molar-refractivity contribution in [3.05, 3.63) is 52.1 Å². The minimum absolute atomic E-state index is 0.0358. The Bertz CT molecular complexity index is 2520. The third kappa shape index (κ3) is 36.2. The molecule has 0 aliphatic heterocycles. The Balaban J connectivity index is 1.28. The van der Waals surface area contributed by atoms with Crippen LogP contribution in [0.4, 0.5) is 11.6 Å². The van der Waals surface area contributed by atoms with Gasteiger partial charge in [-0.25, -0.2) is 19.3 Å². The maximum atomic E-state index is 12.9. The number of amides is 3. The number of H-pyrrole nitrogens is 1. The molecule has 3 atom stereocenters. The Hall–Kier alpha value is -6.03. The van der Waals surface area contributed by atoms with Crippen molar-refractivity contribution in [2.75, 3.05) is 44.0 Å². The number of carboxylic acids is 1. The van der Waals surface area contributed by atoms with E-state index in [1.54, 1.807) is 12.1 Å². The number of nitrogens with one attached hydrogen (secondary N) is 5. The van der Waals surface area contributed by atoms with Crippen LogP contribution in [0.5, 0.6) is 0 Å². The molecule has 0 aliphatic carbocycles. The molecule has 86 heavy (non-hydrogen) atoms. The summed E-state index contributed by atoms with van der Waals surface area (Å²) in [6.07, 6.45) is 32.6. The van der Waals surface area contributed by atoms with E-state index in [1.807, 2.05) is 0 Å². The van der Waals surface area contributed by atoms with Gasteiger partial charge in [-0.15, -0.1) is 0 Å². The molecule has 3 amide bonds. The first-order chi connectivity index (χ1) is 41.6. The highest BCUT2D eigenvalue weighted by Gasteiger charge is 2.27. The molecule has 2 heterocycles. The predicted octanol–water partition coefficient (Wildman–Crippen LogP) is 11.2. The molecule has 0 saturated carbocycles. The lowest BCUT2D eigenvalue weighted by molar-refractivity contribution is -0.161. The second kappa shape index (κ2) is 46.2. The number of carbonyl (C=O) groups is 6. The van der Waals surface area contributed by atoms with E-state index in [2.05, 4.69) is 55.1 Å². The molecule has 0 aliphatic rings. The number of carbonyl (C=O) groups excluding carboxylic acids is 5. The van der Waals surface area contributed by atoms with Crippen LogP contribution >= 0.6 is 7.82 Å². The Morgan fingerprint density at radius 3 is 1.71 bits per heavy atom. The minimum atomic E-state index is -4.67. The fourth-order valence-corrected chi connectivity index (χ4v) is 10.3. The van der Waals surface area contributed by atoms with Crippen LogP contribution in [0, 0.1) is 0 Å². The van der Waals surface area contributed by atoms with E-state index in [4.69, 9.17) is 24.3 Å². The molecule has 2 aromatic heterocycles. The number of rotatable bonds is 53. The third-order valence-electron chi connectivity index (χ3n) is 14.6. The molecule has 3 rings (SSSR count). The van der Waals surface area contributed by atoms with Crippen molar-refractivity contribution in [1.82, 2.24) is 35.9 Å². The number of anilines is 2. The first-order valence-corrected chi connectivity index (χ1v) is 33.5. The van der Waals surface area contributed by atoms with Gasteiger partial charge in [-0.05, 0) is 56.4 Å². The van der Waals surface area contributed by atoms with Crippen molar-refractivity contribution in [2.45, 2.75) is 251 Å². The topological polar surface area (TPSA) is 343 Å². The molecule has 484 valence electrons. The Morgan fingerprint density at radius 1 is 0.628 bits per heavy atom. The highest BCUT2D eigenvalue weighted by Crippen LogP contribution is 2.43. The van der Waals surface area contributed by atoms with Crippen molar-refractivity contribution < 1.29 is 61.9 Å². The predicted molar refractivity (Wildman–Crippen MR) is 332 cm³/mol. The van der Waals surface area contributed by atoms with E-state index in [-0.39, 0.29) is 93.5 Å². The van der Waals surface area contributed by atoms with Crippen LogP contribution < -0.4 is 32.6 Å². The Labute approximate surface area is 509 Å². The third-order valence-corrected chi connectivity index (χ3v) is 15.6. The number of benzene rings is 1.